The Kier molecular flexibility index (Phi) is 6.06. The van der Waals surface area contributed by atoms with Crippen molar-refractivity contribution in [1.82, 2.24) is 10.2 Å². The SMILES string of the molecule is O=C(NCc1ccc(C(=O)N2CCC(c3ccccc3)CC2)cc1)c1cccs1. The van der Waals surface area contributed by atoms with Crippen molar-refractivity contribution in [1.29, 1.82) is 0 Å². The first kappa shape index (κ1) is 19.4. The fourth-order valence-corrected chi connectivity index (χ4v) is 4.41. The summed E-state index contributed by atoms with van der Waals surface area (Å²) in [5.41, 5.74) is 3.05. The molecule has 148 valence electrons. The molecule has 1 aliphatic rings. The fraction of sp³-hybridized carbons (Fsp3) is 0.250. The first-order valence-corrected chi connectivity index (χ1v) is 10.8. The monoisotopic (exact) mass is 404 g/mol. The second-order valence-corrected chi connectivity index (χ2v) is 8.28. The molecule has 1 aliphatic heterocycles. The second-order valence-electron chi connectivity index (χ2n) is 7.33. The molecule has 3 aromatic rings. The summed E-state index contributed by atoms with van der Waals surface area (Å²) >= 11 is 1.42. The minimum absolute atomic E-state index is 0.0681. The Morgan fingerprint density at radius 2 is 1.66 bits per heavy atom. The van der Waals surface area contributed by atoms with Crippen LogP contribution in [0.25, 0.3) is 0 Å². The van der Waals surface area contributed by atoms with Gasteiger partial charge in [-0.25, -0.2) is 0 Å². The number of nitrogens with one attached hydrogen (secondary N) is 1. The third-order valence-electron chi connectivity index (χ3n) is 5.45. The number of amides is 2. The molecule has 1 fully saturated rings. The molecule has 4 rings (SSSR count). The normalized spacial score (nSPS) is 14.6. The quantitative estimate of drug-likeness (QED) is 0.670. The Labute approximate surface area is 175 Å². The van der Waals surface area contributed by atoms with E-state index >= 15 is 0 Å². The van der Waals surface area contributed by atoms with E-state index < -0.39 is 0 Å². The van der Waals surface area contributed by atoms with Crippen molar-refractivity contribution in [2.45, 2.75) is 25.3 Å². The molecule has 0 atom stereocenters. The minimum atomic E-state index is -0.0681. The van der Waals surface area contributed by atoms with Crippen molar-refractivity contribution in [3.8, 4) is 0 Å². The van der Waals surface area contributed by atoms with Gasteiger partial charge in [-0.15, -0.1) is 11.3 Å². The second kappa shape index (κ2) is 9.05. The minimum Gasteiger partial charge on any atom is -0.347 e. The predicted octanol–water partition coefficient (Wildman–Crippen LogP) is 4.70. The van der Waals surface area contributed by atoms with Gasteiger partial charge in [0.2, 0.25) is 0 Å². The van der Waals surface area contributed by atoms with Gasteiger partial charge in [0.05, 0.1) is 4.88 Å². The number of benzene rings is 2. The molecule has 1 N–H and O–H groups in total. The van der Waals surface area contributed by atoms with Crippen molar-refractivity contribution in [2.75, 3.05) is 13.1 Å². The van der Waals surface area contributed by atoms with Crippen LogP contribution in [0, 0.1) is 0 Å². The van der Waals surface area contributed by atoms with Gasteiger partial charge in [-0.2, -0.15) is 0 Å². The molecule has 5 heteroatoms. The molecule has 0 radical (unpaired) electrons. The van der Waals surface area contributed by atoms with Crippen LogP contribution < -0.4 is 5.32 Å². The highest BCUT2D eigenvalue weighted by Crippen LogP contribution is 2.28. The molecule has 2 amide bonds. The van der Waals surface area contributed by atoms with Gasteiger partial charge in [-0.1, -0.05) is 48.5 Å². The Hall–Kier alpha value is -2.92. The van der Waals surface area contributed by atoms with Crippen LogP contribution in [0.1, 0.15) is 49.9 Å². The average molecular weight is 405 g/mol. The lowest BCUT2D eigenvalue weighted by Gasteiger charge is -2.32. The third-order valence-corrected chi connectivity index (χ3v) is 6.32. The molecule has 0 saturated carbocycles. The van der Waals surface area contributed by atoms with Gasteiger partial charge >= 0.3 is 0 Å². The number of hydrogen-bond donors (Lipinski definition) is 1. The van der Waals surface area contributed by atoms with Gasteiger partial charge < -0.3 is 10.2 Å². The van der Waals surface area contributed by atoms with Crippen LogP contribution >= 0.6 is 11.3 Å². The number of nitrogens with zero attached hydrogens (tertiary/aromatic N) is 1. The lowest BCUT2D eigenvalue weighted by Crippen LogP contribution is -2.37. The van der Waals surface area contributed by atoms with E-state index in [1.54, 1.807) is 0 Å². The standard InChI is InChI=1S/C24H24N2O2S/c27-23(22-7-4-16-29-22)25-17-18-8-10-21(11-9-18)24(28)26-14-12-20(13-15-26)19-5-2-1-3-6-19/h1-11,16,20H,12-15,17H2,(H,25,27). The van der Waals surface area contributed by atoms with Crippen LogP contribution in [-0.4, -0.2) is 29.8 Å². The summed E-state index contributed by atoms with van der Waals surface area (Å²) in [5.74, 6) is 0.557. The van der Waals surface area contributed by atoms with Gasteiger partial charge in [0.25, 0.3) is 11.8 Å². The Balaban J connectivity index is 1.30. The van der Waals surface area contributed by atoms with E-state index in [9.17, 15) is 9.59 Å². The van der Waals surface area contributed by atoms with Crippen molar-refractivity contribution in [2.24, 2.45) is 0 Å². The number of rotatable bonds is 5. The van der Waals surface area contributed by atoms with E-state index in [0.29, 0.717) is 22.9 Å². The number of piperidine rings is 1. The Morgan fingerprint density at radius 3 is 2.31 bits per heavy atom. The van der Waals surface area contributed by atoms with Crippen LogP contribution in [0.15, 0.2) is 72.1 Å². The van der Waals surface area contributed by atoms with Crippen molar-refractivity contribution in [3.63, 3.8) is 0 Å². The molecule has 0 bridgehead atoms. The topological polar surface area (TPSA) is 49.4 Å². The predicted molar refractivity (Wildman–Crippen MR) is 116 cm³/mol. The lowest BCUT2D eigenvalue weighted by atomic mass is 9.89. The van der Waals surface area contributed by atoms with E-state index in [1.807, 2.05) is 52.7 Å². The molecule has 29 heavy (non-hydrogen) atoms. The van der Waals surface area contributed by atoms with Gasteiger partial charge in [0.15, 0.2) is 0 Å². The highest BCUT2D eigenvalue weighted by Gasteiger charge is 2.24. The van der Waals surface area contributed by atoms with Gasteiger partial charge in [0, 0.05) is 25.2 Å². The average Bonchev–Trinajstić information content (AvgIpc) is 3.33. The number of likely N-dealkylation sites (tertiary alicyclic amines) is 1. The molecule has 1 aromatic heterocycles. The van der Waals surface area contributed by atoms with E-state index in [2.05, 4.69) is 29.6 Å². The zero-order chi connectivity index (χ0) is 20.1. The maximum absolute atomic E-state index is 12.8. The maximum atomic E-state index is 12.8. The van der Waals surface area contributed by atoms with Gasteiger partial charge in [0.1, 0.15) is 0 Å². The number of hydrogen-bond acceptors (Lipinski definition) is 3. The fourth-order valence-electron chi connectivity index (χ4n) is 3.77. The maximum Gasteiger partial charge on any atom is 0.261 e. The summed E-state index contributed by atoms with van der Waals surface area (Å²) in [6.07, 6.45) is 2.01. The summed E-state index contributed by atoms with van der Waals surface area (Å²) in [6, 6.07) is 21.8. The molecule has 0 aliphatic carbocycles. The van der Waals surface area contributed by atoms with Gasteiger partial charge in [-0.05, 0) is 53.5 Å². The largest absolute Gasteiger partial charge is 0.347 e. The molecule has 2 heterocycles. The molecule has 1 saturated heterocycles. The highest BCUT2D eigenvalue weighted by atomic mass is 32.1. The zero-order valence-corrected chi connectivity index (χ0v) is 17.0. The molecule has 0 spiro atoms. The van der Waals surface area contributed by atoms with Crippen LogP contribution in [0.5, 0.6) is 0 Å². The van der Waals surface area contributed by atoms with Gasteiger partial charge in [-0.3, -0.25) is 9.59 Å². The molecule has 4 nitrogen and oxygen atoms in total. The first-order chi connectivity index (χ1) is 14.2. The lowest BCUT2D eigenvalue weighted by molar-refractivity contribution is 0.0712. The Bertz CT molecular complexity index is 944. The molecular formula is C24H24N2O2S. The summed E-state index contributed by atoms with van der Waals surface area (Å²) in [7, 11) is 0. The smallest absolute Gasteiger partial charge is 0.261 e. The Morgan fingerprint density at radius 1 is 0.931 bits per heavy atom. The van der Waals surface area contributed by atoms with E-state index in [1.165, 1.54) is 16.9 Å². The summed E-state index contributed by atoms with van der Waals surface area (Å²) in [4.78, 5) is 27.5. The van der Waals surface area contributed by atoms with Crippen LogP contribution in [0.4, 0.5) is 0 Å². The summed E-state index contributed by atoms with van der Waals surface area (Å²) in [6.45, 7) is 2.03. The van der Waals surface area contributed by atoms with Crippen LogP contribution in [-0.2, 0) is 6.54 Å². The van der Waals surface area contributed by atoms with Crippen molar-refractivity contribution >= 4 is 23.2 Å². The van der Waals surface area contributed by atoms with Crippen molar-refractivity contribution in [3.05, 3.63) is 93.7 Å². The van der Waals surface area contributed by atoms with Crippen LogP contribution in [0.2, 0.25) is 0 Å². The molecule has 0 unspecified atom stereocenters. The molecular weight excluding hydrogens is 380 g/mol. The first-order valence-electron chi connectivity index (χ1n) is 9.95. The molecule has 2 aromatic carbocycles. The zero-order valence-electron chi connectivity index (χ0n) is 16.2. The van der Waals surface area contributed by atoms with E-state index in [0.717, 1.165) is 31.5 Å². The number of carbonyl (C=O) groups is 2. The number of thiophene rings is 1. The summed E-state index contributed by atoms with van der Waals surface area (Å²) < 4.78 is 0. The highest BCUT2D eigenvalue weighted by molar-refractivity contribution is 7.12. The van der Waals surface area contributed by atoms with E-state index in [4.69, 9.17) is 0 Å². The van der Waals surface area contributed by atoms with E-state index in [-0.39, 0.29) is 11.8 Å². The van der Waals surface area contributed by atoms with Crippen LogP contribution in [0.3, 0.4) is 0 Å². The number of carbonyl (C=O) groups excluding carboxylic acids is 2. The third kappa shape index (κ3) is 4.74. The van der Waals surface area contributed by atoms with Crippen molar-refractivity contribution < 1.29 is 9.59 Å². The summed E-state index contributed by atoms with van der Waals surface area (Å²) in [5, 5.41) is 4.80.